The number of hydrogen-bond acceptors (Lipinski definition) is 3. The van der Waals surface area contributed by atoms with E-state index in [0.717, 1.165) is 31.7 Å². The van der Waals surface area contributed by atoms with E-state index >= 15 is 0 Å². The van der Waals surface area contributed by atoms with E-state index in [2.05, 4.69) is 43.9 Å². The van der Waals surface area contributed by atoms with Crippen molar-refractivity contribution < 1.29 is 4.74 Å². The Hall–Kier alpha value is -1.06. The van der Waals surface area contributed by atoms with Crippen LogP contribution in [0.2, 0.25) is 0 Å². The molecule has 0 amide bonds. The number of rotatable bonds is 6. The lowest BCUT2D eigenvalue weighted by Gasteiger charge is -2.35. The highest BCUT2D eigenvalue weighted by Crippen LogP contribution is 2.24. The third-order valence-electron chi connectivity index (χ3n) is 4.32. The Morgan fingerprint density at radius 1 is 1.24 bits per heavy atom. The summed E-state index contributed by atoms with van der Waals surface area (Å²) < 4.78 is 5.79. The lowest BCUT2D eigenvalue weighted by Crippen LogP contribution is -2.40. The summed E-state index contributed by atoms with van der Waals surface area (Å²) in [5, 5.41) is 0. The van der Waals surface area contributed by atoms with Crippen molar-refractivity contribution in [3.05, 3.63) is 29.8 Å². The van der Waals surface area contributed by atoms with E-state index < -0.39 is 0 Å². The zero-order valence-corrected chi connectivity index (χ0v) is 13.7. The van der Waals surface area contributed by atoms with Crippen molar-refractivity contribution in [1.29, 1.82) is 0 Å². The number of nitrogens with zero attached hydrogens (tertiary/aromatic N) is 1. The molecule has 0 aromatic heterocycles. The van der Waals surface area contributed by atoms with Crippen molar-refractivity contribution >= 4 is 0 Å². The Balaban J connectivity index is 1.98. The molecule has 0 unspecified atom stereocenters. The van der Waals surface area contributed by atoms with Crippen LogP contribution < -0.4 is 10.5 Å². The molecule has 3 heteroatoms. The molecule has 0 saturated heterocycles. The predicted molar refractivity (Wildman–Crippen MR) is 88.5 cm³/mol. The summed E-state index contributed by atoms with van der Waals surface area (Å²) in [5.74, 6) is 0.976. The predicted octanol–water partition coefficient (Wildman–Crippen LogP) is 3.57. The van der Waals surface area contributed by atoms with Crippen molar-refractivity contribution in [2.24, 2.45) is 5.73 Å². The zero-order chi connectivity index (χ0) is 15.2. The van der Waals surface area contributed by atoms with Crippen LogP contribution >= 0.6 is 0 Å². The third-order valence-corrected chi connectivity index (χ3v) is 4.32. The molecule has 1 fully saturated rings. The second kappa shape index (κ2) is 7.81. The molecule has 2 rings (SSSR count). The van der Waals surface area contributed by atoms with Gasteiger partial charge < -0.3 is 10.5 Å². The van der Waals surface area contributed by atoms with Gasteiger partial charge in [0.15, 0.2) is 0 Å². The lowest BCUT2D eigenvalue weighted by molar-refractivity contribution is 0.149. The average Bonchev–Trinajstić information content (AvgIpc) is 2.45. The zero-order valence-electron chi connectivity index (χ0n) is 13.7. The van der Waals surface area contributed by atoms with Gasteiger partial charge in [0.2, 0.25) is 0 Å². The second-order valence-corrected chi connectivity index (χ2v) is 6.45. The van der Waals surface area contributed by atoms with E-state index in [-0.39, 0.29) is 6.10 Å². The average molecular weight is 290 g/mol. The lowest BCUT2D eigenvalue weighted by atomic mass is 9.90. The molecule has 21 heavy (non-hydrogen) atoms. The van der Waals surface area contributed by atoms with Crippen molar-refractivity contribution in [3.63, 3.8) is 0 Å². The Kier molecular flexibility index (Phi) is 6.07. The van der Waals surface area contributed by atoms with Gasteiger partial charge in [0.25, 0.3) is 0 Å². The van der Waals surface area contributed by atoms with Crippen LogP contribution in [0.25, 0.3) is 0 Å². The Bertz CT molecular complexity index is 425. The first-order valence-electron chi connectivity index (χ1n) is 8.33. The number of ether oxygens (including phenoxy) is 1. The first-order chi connectivity index (χ1) is 10.1. The molecule has 0 atom stereocenters. The van der Waals surface area contributed by atoms with Crippen LogP contribution in [0.3, 0.4) is 0 Å². The molecule has 0 aliphatic heterocycles. The molecule has 0 radical (unpaired) electrons. The maximum Gasteiger partial charge on any atom is 0.120 e. The van der Waals surface area contributed by atoms with Gasteiger partial charge in [-0.3, -0.25) is 4.90 Å². The minimum Gasteiger partial charge on any atom is -0.491 e. The topological polar surface area (TPSA) is 38.5 Å². The van der Waals surface area contributed by atoms with Gasteiger partial charge in [-0.05, 0) is 63.8 Å². The van der Waals surface area contributed by atoms with Gasteiger partial charge in [-0.15, -0.1) is 0 Å². The fourth-order valence-corrected chi connectivity index (χ4v) is 3.19. The van der Waals surface area contributed by atoms with Crippen molar-refractivity contribution in [3.8, 4) is 5.75 Å². The van der Waals surface area contributed by atoms with E-state index in [1.54, 1.807) is 0 Å². The van der Waals surface area contributed by atoms with Gasteiger partial charge >= 0.3 is 0 Å². The van der Waals surface area contributed by atoms with E-state index in [4.69, 9.17) is 10.5 Å². The molecule has 3 nitrogen and oxygen atoms in total. The summed E-state index contributed by atoms with van der Waals surface area (Å²) in [6, 6.07) is 9.62. The van der Waals surface area contributed by atoms with Crippen LogP contribution in [0, 0.1) is 0 Å². The summed E-state index contributed by atoms with van der Waals surface area (Å²) in [6.45, 7) is 8.48. The number of benzene rings is 1. The molecule has 1 aliphatic carbocycles. The minimum absolute atomic E-state index is 0.224. The van der Waals surface area contributed by atoms with Crippen LogP contribution in [0.15, 0.2) is 24.3 Å². The highest BCUT2D eigenvalue weighted by molar-refractivity contribution is 5.28. The van der Waals surface area contributed by atoms with E-state index in [1.165, 1.54) is 18.4 Å². The van der Waals surface area contributed by atoms with Crippen LogP contribution in [-0.4, -0.2) is 29.6 Å². The van der Waals surface area contributed by atoms with Gasteiger partial charge in [-0.1, -0.05) is 19.1 Å². The molecule has 1 aromatic carbocycles. The molecule has 1 aliphatic rings. The Morgan fingerprint density at radius 3 is 2.57 bits per heavy atom. The van der Waals surface area contributed by atoms with E-state index in [0.29, 0.717) is 12.1 Å². The highest BCUT2D eigenvalue weighted by atomic mass is 16.5. The molecular weight excluding hydrogens is 260 g/mol. The minimum atomic E-state index is 0.224. The maximum atomic E-state index is 6.02. The van der Waals surface area contributed by atoms with Gasteiger partial charge in [0, 0.05) is 18.6 Å². The fourth-order valence-electron chi connectivity index (χ4n) is 3.19. The molecule has 0 spiro atoms. The summed E-state index contributed by atoms with van der Waals surface area (Å²) in [5.41, 5.74) is 7.36. The van der Waals surface area contributed by atoms with Crippen LogP contribution in [0.4, 0.5) is 0 Å². The molecule has 118 valence electrons. The summed E-state index contributed by atoms with van der Waals surface area (Å²) >= 11 is 0. The summed E-state index contributed by atoms with van der Waals surface area (Å²) in [4.78, 5) is 2.58. The Labute approximate surface area is 129 Å². The van der Waals surface area contributed by atoms with Gasteiger partial charge in [0.1, 0.15) is 5.75 Å². The van der Waals surface area contributed by atoms with Gasteiger partial charge in [-0.25, -0.2) is 0 Å². The SMILES string of the molecule is CCN(Cc1cccc(OC(C)C)c1)C1CCC(N)CC1. The van der Waals surface area contributed by atoms with Crippen LogP contribution in [0.5, 0.6) is 5.75 Å². The fraction of sp³-hybridized carbons (Fsp3) is 0.667. The summed E-state index contributed by atoms with van der Waals surface area (Å²) in [6.07, 6.45) is 5.02. The smallest absolute Gasteiger partial charge is 0.120 e. The first-order valence-corrected chi connectivity index (χ1v) is 8.33. The molecule has 1 saturated carbocycles. The highest BCUT2D eigenvalue weighted by Gasteiger charge is 2.23. The molecule has 2 N–H and O–H groups in total. The maximum absolute atomic E-state index is 6.02. The quantitative estimate of drug-likeness (QED) is 0.870. The number of hydrogen-bond donors (Lipinski definition) is 1. The third kappa shape index (κ3) is 5.01. The van der Waals surface area contributed by atoms with Crippen molar-refractivity contribution in [1.82, 2.24) is 4.90 Å². The van der Waals surface area contributed by atoms with Crippen LogP contribution in [-0.2, 0) is 6.54 Å². The second-order valence-electron chi connectivity index (χ2n) is 6.45. The van der Waals surface area contributed by atoms with E-state index in [1.807, 2.05) is 6.07 Å². The molecule has 0 bridgehead atoms. The monoisotopic (exact) mass is 290 g/mol. The normalized spacial score (nSPS) is 22.8. The van der Waals surface area contributed by atoms with Gasteiger partial charge in [-0.2, -0.15) is 0 Å². The Morgan fingerprint density at radius 2 is 1.95 bits per heavy atom. The van der Waals surface area contributed by atoms with Crippen LogP contribution in [0.1, 0.15) is 52.0 Å². The first kappa shape index (κ1) is 16.3. The standard InChI is InChI=1S/C18H30N2O/c1-4-20(17-10-8-16(19)9-11-17)13-15-6-5-7-18(12-15)21-14(2)3/h5-7,12,14,16-17H,4,8-11,13,19H2,1-3H3. The van der Waals surface area contributed by atoms with Crippen molar-refractivity contribution in [2.45, 2.75) is 71.2 Å². The number of nitrogens with two attached hydrogens (primary N) is 1. The molecule has 1 aromatic rings. The molecule has 0 heterocycles. The van der Waals surface area contributed by atoms with E-state index in [9.17, 15) is 0 Å². The van der Waals surface area contributed by atoms with Gasteiger partial charge in [0.05, 0.1) is 6.10 Å². The summed E-state index contributed by atoms with van der Waals surface area (Å²) in [7, 11) is 0. The largest absolute Gasteiger partial charge is 0.491 e. The molecular formula is C18H30N2O. The van der Waals surface area contributed by atoms with Crippen molar-refractivity contribution in [2.75, 3.05) is 6.54 Å².